The van der Waals surface area contributed by atoms with Gasteiger partial charge in [0.15, 0.2) is 0 Å². The third kappa shape index (κ3) is 2.26. The summed E-state index contributed by atoms with van der Waals surface area (Å²) in [5.74, 6) is 0. The first-order valence-electron chi connectivity index (χ1n) is 4.45. The van der Waals surface area contributed by atoms with Gasteiger partial charge in [0.05, 0.1) is 12.4 Å². The van der Waals surface area contributed by atoms with E-state index in [1.165, 1.54) is 5.56 Å². The summed E-state index contributed by atoms with van der Waals surface area (Å²) in [5, 5.41) is 7.51. The van der Waals surface area contributed by atoms with Gasteiger partial charge in [0.1, 0.15) is 0 Å². The van der Waals surface area contributed by atoms with E-state index < -0.39 is 0 Å². The van der Waals surface area contributed by atoms with Crippen molar-refractivity contribution in [1.29, 1.82) is 0 Å². The van der Waals surface area contributed by atoms with Crippen LogP contribution in [0.2, 0.25) is 0 Å². The minimum atomic E-state index is 1.06. The van der Waals surface area contributed by atoms with Gasteiger partial charge in [-0.3, -0.25) is 0 Å². The minimum Gasteiger partial charge on any atom is -0.159 e. The second-order valence-electron chi connectivity index (χ2n) is 2.92. The van der Waals surface area contributed by atoms with Crippen LogP contribution in [0.5, 0.6) is 0 Å². The first-order valence-corrected chi connectivity index (χ1v) is 4.45. The van der Waals surface area contributed by atoms with Crippen LogP contribution in [0.25, 0.3) is 12.2 Å². The molecule has 1 aromatic carbocycles. The van der Waals surface area contributed by atoms with E-state index in [2.05, 4.69) is 28.4 Å². The second kappa shape index (κ2) is 4.33. The van der Waals surface area contributed by atoms with Crippen LogP contribution in [0, 0.1) is 0 Å². The Balaban J connectivity index is 2.16. The smallest absolute Gasteiger partial charge is 0.0568 e. The molecule has 68 valence electrons. The summed E-state index contributed by atoms with van der Waals surface area (Å²) in [7, 11) is 0. The molecule has 0 radical (unpaired) electrons. The Labute approximate surface area is 82.9 Å². The van der Waals surface area contributed by atoms with E-state index in [9.17, 15) is 0 Å². The summed E-state index contributed by atoms with van der Waals surface area (Å²) in [4.78, 5) is 0. The Morgan fingerprint density at radius 2 is 1.57 bits per heavy atom. The predicted molar refractivity (Wildman–Crippen MR) is 57.4 cm³/mol. The van der Waals surface area contributed by atoms with Crippen LogP contribution in [0.4, 0.5) is 0 Å². The summed E-state index contributed by atoms with van der Waals surface area (Å²) in [6.45, 7) is 0. The molecular formula is C12H10N2. The maximum absolute atomic E-state index is 3.80. The number of aromatic nitrogens is 2. The summed E-state index contributed by atoms with van der Waals surface area (Å²) >= 11 is 0. The fraction of sp³-hybridized carbons (Fsp3) is 0. The molecule has 2 nitrogen and oxygen atoms in total. The number of rotatable bonds is 2. The van der Waals surface area contributed by atoms with Crippen LogP contribution in [-0.2, 0) is 0 Å². The lowest BCUT2D eigenvalue weighted by atomic mass is 10.2. The van der Waals surface area contributed by atoms with Crippen LogP contribution < -0.4 is 0 Å². The van der Waals surface area contributed by atoms with Crippen LogP contribution in [0.15, 0.2) is 48.8 Å². The lowest BCUT2D eigenvalue weighted by Crippen LogP contribution is -1.78. The van der Waals surface area contributed by atoms with Gasteiger partial charge < -0.3 is 0 Å². The highest BCUT2D eigenvalue weighted by atomic mass is 15.1. The molecule has 2 rings (SSSR count). The van der Waals surface area contributed by atoms with E-state index >= 15 is 0 Å². The van der Waals surface area contributed by atoms with E-state index in [0.29, 0.717) is 0 Å². The highest BCUT2D eigenvalue weighted by Gasteiger charge is 1.85. The van der Waals surface area contributed by atoms with Crippen molar-refractivity contribution in [3.63, 3.8) is 0 Å². The monoisotopic (exact) mass is 182 g/mol. The van der Waals surface area contributed by atoms with E-state index in [0.717, 1.165) is 5.56 Å². The molecule has 0 N–H and O–H groups in total. The first kappa shape index (κ1) is 8.63. The SMILES string of the molecule is C(=Cc1ccnnc1)c1ccccc1. The van der Waals surface area contributed by atoms with Gasteiger partial charge in [-0.25, -0.2) is 0 Å². The van der Waals surface area contributed by atoms with Crippen molar-refractivity contribution in [1.82, 2.24) is 10.2 Å². The molecule has 0 aliphatic heterocycles. The maximum atomic E-state index is 3.80. The Kier molecular flexibility index (Phi) is 2.67. The third-order valence-corrected chi connectivity index (χ3v) is 1.87. The minimum absolute atomic E-state index is 1.06. The number of benzene rings is 1. The Morgan fingerprint density at radius 3 is 2.29 bits per heavy atom. The van der Waals surface area contributed by atoms with Crippen molar-refractivity contribution >= 4 is 12.2 Å². The zero-order valence-electron chi connectivity index (χ0n) is 7.67. The van der Waals surface area contributed by atoms with Crippen molar-refractivity contribution in [2.45, 2.75) is 0 Å². The molecule has 0 saturated carbocycles. The van der Waals surface area contributed by atoms with Crippen LogP contribution in [0.3, 0.4) is 0 Å². The maximum Gasteiger partial charge on any atom is 0.0568 e. The lowest BCUT2D eigenvalue weighted by Gasteiger charge is -1.91. The molecule has 1 heterocycles. The van der Waals surface area contributed by atoms with Crippen molar-refractivity contribution in [2.75, 3.05) is 0 Å². The summed E-state index contributed by atoms with van der Waals surface area (Å²) < 4.78 is 0. The van der Waals surface area contributed by atoms with E-state index in [-0.39, 0.29) is 0 Å². The number of hydrogen-bond donors (Lipinski definition) is 0. The molecule has 0 amide bonds. The summed E-state index contributed by atoms with van der Waals surface area (Å²) in [6.07, 6.45) is 7.49. The Hall–Kier alpha value is -1.96. The van der Waals surface area contributed by atoms with Gasteiger partial charge in [0, 0.05) is 0 Å². The fourth-order valence-corrected chi connectivity index (χ4v) is 1.16. The van der Waals surface area contributed by atoms with Crippen LogP contribution in [0.1, 0.15) is 11.1 Å². The van der Waals surface area contributed by atoms with Gasteiger partial charge in [0.2, 0.25) is 0 Å². The third-order valence-electron chi connectivity index (χ3n) is 1.87. The zero-order valence-corrected chi connectivity index (χ0v) is 7.67. The average molecular weight is 182 g/mol. The van der Waals surface area contributed by atoms with Crippen molar-refractivity contribution in [2.24, 2.45) is 0 Å². The summed E-state index contributed by atoms with van der Waals surface area (Å²) in [5.41, 5.74) is 2.24. The van der Waals surface area contributed by atoms with E-state index in [1.807, 2.05) is 30.3 Å². The molecule has 14 heavy (non-hydrogen) atoms. The number of nitrogens with zero attached hydrogens (tertiary/aromatic N) is 2. The molecule has 2 heteroatoms. The molecular weight excluding hydrogens is 172 g/mol. The van der Waals surface area contributed by atoms with E-state index in [4.69, 9.17) is 0 Å². The molecule has 1 aromatic heterocycles. The largest absolute Gasteiger partial charge is 0.159 e. The van der Waals surface area contributed by atoms with Gasteiger partial charge in [-0.15, -0.1) is 0 Å². The van der Waals surface area contributed by atoms with Gasteiger partial charge >= 0.3 is 0 Å². The van der Waals surface area contributed by atoms with Gasteiger partial charge in [-0.2, -0.15) is 10.2 Å². The Bertz CT molecular complexity index is 365. The average Bonchev–Trinajstić information content (AvgIpc) is 2.29. The van der Waals surface area contributed by atoms with Crippen LogP contribution >= 0.6 is 0 Å². The molecule has 0 saturated heterocycles. The highest BCUT2D eigenvalue weighted by Crippen LogP contribution is 2.05. The first-order chi connectivity index (χ1) is 6.95. The summed E-state index contributed by atoms with van der Waals surface area (Å²) in [6, 6.07) is 12.1. The molecule has 0 unspecified atom stereocenters. The molecule has 0 fully saturated rings. The van der Waals surface area contributed by atoms with Crippen molar-refractivity contribution in [3.05, 3.63) is 59.9 Å². The van der Waals surface area contributed by atoms with Crippen molar-refractivity contribution in [3.8, 4) is 0 Å². The Morgan fingerprint density at radius 1 is 0.786 bits per heavy atom. The number of hydrogen-bond acceptors (Lipinski definition) is 2. The molecule has 0 spiro atoms. The highest BCUT2D eigenvalue weighted by molar-refractivity contribution is 5.68. The quantitative estimate of drug-likeness (QED) is 0.713. The van der Waals surface area contributed by atoms with E-state index in [1.54, 1.807) is 12.4 Å². The standard InChI is InChI=1S/C12H10N2/c1-2-4-11(5-3-1)6-7-12-8-9-13-14-10-12/h1-10H. The normalized spacial score (nSPS) is 10.6. The van der Waals surface area contributed by atoms with Crippen LogP contribution in [-0.4, -0.2) is 10.2 Å². The zero-order chi connectivity index (χ0) is 9.64. The second-order valence-corrected chi connectivity index (χ2v) is 2.92. The predicted octanol–water partition coefficient (Wildman–Crippen LogP) is 2.65. The van der Waals surface area contributed by atoms with Crippen molar-refractivity contribution < 1.29 is 0 Å². The molecule has 0 aliphatic carbocycles. The molecule has 0 bridgehead atoms. The van der Waals surface area contributed by atoms with Gasteiger partial charge in [-0.05, 0) is 17.2 Å². The molecule has 2 aromatic rings. The molecule has 0 aliphatic rings. The fourth-order valence-electron chi connectivity index (χ4n) is 1.16. The van der Waals surface area contributed by atoms with Gasteiger partial charge in [0.25, 0.3) is 0 Å². The van der Waals surface area contributed by atoms with Gasteiger partial charge in [-0.1, -0.05) is 42.5 Å². The topological polar surface area (TPSA) is 25.8 Å². The molecule has 0 atom stereocenters. The lowest BCUT2D eigenvalue weighted by molar-refractivity contribution is 1.03.